The summed E-state index contributed by atoms with van der Waals surface area (Å²) in [7, 11) is 0. The molecule has 0 unspecified atom stereocenters. The number of aromatic nitrogens is 2. The van der Waals surface area contributed by atoms with Crippen molar-refractivity contribution in [1.82, 2.24) is 10.2 Å². The molecule has 0 amide bonds. The van der Waals surface area contributed by atoms with Gasteiger partial charge in [0, 0.05) is 11.1 Å². The number of H-pyrrole nitrogens is 1. The van der Waals surface area contributed by atoms with Gasteiger partial charge in [-0.15, -0.1) is 0 Å². The first kappa shape index (κ1) is 13.3. The lowest BCUT2D eigenvalue weighted by Gasteiger charge is -2.08. The van der Waals surface area contributed by atoms with Crippen LogP contribution < -0.4 is 10.5 Å². The molecule has 0 fully saturated rings. The molecule has 0 spiro atoms. The molecule has 4 nitrogen and oxygen atoms in total. The van der Waals surface area contributed by atoms with Crippen molar-refractivity contribution in [2.24, 2.45) is 0 Å². The first-order valence-electron chi connectivity index (χ1n) is 5.88. The topological polar surface area (TPSA) is 63.9 Å². The van der Waals surface area contributed by atoms with Crippen molar-refractivity contribution >= 4 is 5.82 Å². The standard InChI is InChI=1S/C13H15F2N3O/c1-7(2)10-11(17-18-12(10)16)8-3-5-9(6-4-8)19-13(14)15/h3-7,13H,1-2H3,(H3,16,17,18). The molecule has 0 atom stereocenters. The van der Waals surface area contributed by atoms with Gasteiger partial charge >= 0.3 is 6.61 Å². The fourth-order valence-electron chi connectivity index (χ4n) is 1.97. The van der Waals surface area contributed by atoms with Gasteiger partial charge in [-0.2, -0.15) is 13.9 Å². The van der Waals surface area contributed by atoms with E-state index in [4.69, 9.17) is 5.73 Å². The number of hydrogen-bond donors (Lipinski definition) is 2. The summed E-state index contributed by atoms with van der Waals surface area (Å²) in [6, 6.07) is 6.36. The van der Waals surface area contributed by atoms with Crippen molar-refractivity contribution in [2.45, 2.75) is 26.4 Å². The number of nitrogens with two attached hydrogens (primary N) is 1. The Hall–Kier alpha value is -2.11. The van der Waals surface area contributed by atoms with Gasteiger partial charge in [-0.1, -0.05) is 13.8 Å². The minimum absolute atomic E-state index is 0.123. The van der Waals surface area contributed by atoms with E-state index in [9.17, 15) is 8.78 Å². The quantitative estimate of drug-likeness (QED) is 0.892. The smallest absolute Gasteiger partial charge is 0.387 e. The van der Waals surface area contributed by atoms with Crippen molar-refractivity contribution in [3.8, 4) is 17.0 Å². The predicted octanol–water partition coefficient (Wildman–Crippen LogP) is 3.38. The number of alkyl halides is 2. The molecule has 102 valence electrons. The van der Waals surface area contributed by atoms with E-state index in [-0.39, 0.29) is 11.7 Å². The molecule has 19 heavy (non-hydrogen) atoms. The summed E-state index contributed by atoms with van der Waals surface area (Å²) in [6.07, 6.45) is 0. The number of anilines is 1. The first-order chi connectivity index (χ1) is 8.99. The van der Waals surface area contributed by atoms with Crippen LogP contribution in [0.25, 0.3) is 11.3 Å². The van der Waals surface area contributed by atoms with Gasteiger partial charge < -0.3 is 10.5 Å². The summed E-state index contributed by atoms with van der Waals surface area (Å²) < 4.78 is 28.4. The molecule has 1 aromatic heterocycles. The molecular formula is C13H15F2N3O. The van der Waals surface area contributed by atoms with Crippen LogP contribution in [-0.4, -0.2) is 16.8 Å². The van der Waals surface area contributed by atoms with Gasteiger partial charge in [0.1, 0.15) is 11.6 Å². The Bertz CT molecular complexity index is 550. The SMILES string of the molecule is CC(C)c1c(N)n[nH]c1-c1ccc(OC(F)F)cc1. The van der Waals surface area contributed by atoms with Crippen molar-refractivity contribution in [3.05, 3.63) is 29.8 Å². The number of rotatable bonds is 4. The highest BCUT2D eigenvalue weighted by Crippen LogP contribution is 2.32. The fraction of sp³-hybridized carbons (Fsp3) is 0.308. The van der Waals surface area contributed by atoms with E-state index in [0.29, 0.717) is 5.82 Å². The molecule has 2 aromatic rings. The maximum absolute atomic E-state index is 12.1. The van der Waals surface area contributed by atoms with Crippen LogP contribution >= 0.6 is 0 Å². The maximum Gasteiger partial charge on any atom is 0.387 e. The molecule has 6 heteroatoms. The number of benzene rings is 1. The van der Waals surface area contributed by atoms with E-state index in [2.05, 4.69) is 14.9 Å². The Morgan fingerprint density at radius 2 is 1.84 bits per heavy atom. The van der Waals surface area contributed by atoms with Crippen LogP contribution in [0.1, 0.15) is 25.3 Å². The lowest BCUT2D eigenvalue weighted by molar-refractivity contribution is -0.0498. The molecule has 0 radical (unpaired) electrons. The Kier molecular flexibility index (Phi) is 3.69. The van der Waals surface area contributed by atoms with Gasteiger partial charge in [-0.25, -0.2) is 0 Å². The molecule has 0 bridgehead atoms. The van der Waals surface area contributed by atoms with E-state index >= 15 is 0 Å². The largest absolute Gasteiger partial charge is 0.435 e. The molecule has 0 aliphatic carbocycles. The van der Waals surface area contributed by atoms with Crippen molar-refractivity contribution < 1.29 is 13.5 Å². The fourth-order valence-corrected chi connectivity index (χ4v) is 1.97. The van der Waals surface area contributed by atoms with E-state index in [1.807, 2.05) is 13.8 Å². The highest BCUT2D eigenvalue weighted by Gasteiger charge is 2.15. The first-order valence-corrected chi connectivity index (χ1v) is 5.88. The number of hydrogen-bond acceptors (Lipinski definition) is 3. The molecule has 0 aliphatic heterocycles. The number of nitrogens with one attached hydrogen (secondary N) is 1. The second kappa shape index (κ2) is 5.26. The molecule has 2 rings (SSSR count). The van der Waals surface area contributed by atoms with Gasteiger partial charge in [0.2, 0.25) is 0 Å². The summed E-state index contributed by atoms with van der Waals surface area (Å²) in [5, 5.41) is 6.85. The maximum atomic E-state index is 12.1. The van der Waals surface area contributed by atoms with Crippen LogP contribution in [0.15, 0.2) is 24.3 Å². The van der Waals surface area contributed by atoms with Crippen LogP contribution in [0, 0.1) is 0 Å². The summed E-state index contributed by atoms with van der Waals surface area (Å²) in [5.41, 5.74) is 8.36. The number of ether oxygens (including phenoxy) is 1. The molecule has 0 aliphatic rings. The molecule has 1 aromatic carbocycles. The third kappa shape index (κ3) is 2.83. The number of nitrogens with zero attached hydrogens (tertiary/aromatic N) is 1. The Labute approximate surface area is 109 Å². The van der Waals surface area contributed by atoms with Gasteiger partial charge in [0.15, 0.2) is 0 Å². The van der Waals surface area contributed by atoms with Crippen LogP contribution in [0.3, 0.4) is 0 Å². The number of halogens is 2. The van der Waals surface area contributed by atoms with Crippen molar-refractivity contribution in [1.29, 1.82) is 0 Å². The zero-order valence-corrected chi connectivity index (χ0v) is 10.7. The highest BCUT2D eigenvalue weighted by molar-refractivity contribution is 5.69. The predicted molar refractivity (Wildman–Crippen MR) is 69.2 cm³/mol. The zero-order chi connectivity index (χ0) is 14.0. The Morgan fingerprint density at radius 1 is 1.21 bits per heavy atom. The average Bonchev–Trinajstić information content (AvgIpc) is 2.71. The van der Waals surface area contributed by atoms with Gasteiger partial charge in [0.25, 0.3) is 0 Å². The third-order valence-electron chi connectivity index (χ3n) is 2.78. The van der Waals surface area contributed by atoms with E-state index in [0.717, 1.165) is 16.8 Å². The summed E-state index contributed by atoms with van der Waals surface area (Å²) in [6.45, 7) is 1.21. The van der Waals surface area contributed by atoms with Crippen molar-refractivity contribution in [2.75, 3.05) is 5.73 Å². The monoisotopic (exact) mass is 267 g/mol. The second-order valence-corrected chi connectivity index (χ2v) is 4.46. The summed E-state index contributed by atoms with van der Waals surface area (Å²) in [4.78, 5) is 0. The Balaban J connectivity index is 2.32. The lowest BCUT2D eigenvalue weighted by atomic mass is 9.99. The summed E-state index contributed by atoms with van der Waals surface area (Å²) >= 11 is 0. The molecule has 0 saturated carbocycles. The number of nitrogen functional groups attached to an aromatic ring is 1. The minimum Gasteiger partial charge on any atom is -0.435 e. The van der Waals surface area contributed by atoms with E-state index < -0.39 is 6.61 Å². The van der Waals surface area contributed by atoms with Gasteiger partial charge in [-0.05, 0) is 30.2 Å². The second-order valence-electron chi connectivity index (χ2n) is 4.46. The van der Waals surface area contributed by atoms with Crippen LogP contribution in [-0.2, 0) is 0 Å². The van der Waals surface area contributed by atoms with Crippen LogP contribution in [0.4, 0.5) is 14.6 Å². The van der Waals surface area contributed by atoms with Gasteiger partial charge in [0.05, 0.1) is 5.69 Å². The molecular weight excluding hydrogens is 252 g/mol. The summed E-state index contributed by atoms with van der Waals surface area (Å²) in [5.74, 6) is 0.793. The zero-order valence-electron chi connectivity index (χ0n) is 10.7. The molecule has 1 heterocycles. The number of aromatic amines is 1. The molecule has 3 N–H and O–H groups in total. The van der Waals surface area contributed by atoms with Crippen LogP contribution in [0.5, 0.6) is 5.75 Å². The highest BCUT2D eigenvalue weighted by atomic mass is 19.3. The Morgan fingerprint density at radius 3 is 2.37 bits per heavy atom. The normalized spacial score (nSPS) is 11.3. The van der Waals surface area contributed by atoms with E-state index in [1.54, 1.807) is 12.1 Å². The van der Waals surface area contributed by atoms with E-state index in [1.165, 1.54) is 12.1 Å². The minimum atomic E-state index is -2.82. The lowest BCUT2D eigenvalue weighted by Crippen LogP contribution is -2.01. The van der Waals surface area contributed by atoms with Crippen molar-refractivity contribution in [3.63, 3.8) is 0 Å². The molecule has 0 saturated heterocycles. The van der Waals surface area contributed by atoms with Gasteiger partial charge in [-0.3, -0.25) is 5.10 Å². The third-order valence-corrected chi connectivity index (χ3v) is 2.78. The van der Waals surface area contributed by atoms with Crippen LogP contribution in [0.2, 0.25) is 0 Å². The average molecular weight is 267 g/mol.